The Kier molecular flexibility index (Phi) is 6.09. The van der Waals surface area contributed by atoms with Crippen molar-refractivity contribution in [2.45, 2.75) is 32.2 Å². The molecule has 1 aliphatic rings. The smallest absolute Gasteiger partial charge is 0.142 e. The summed E-state index contributed by atoms with van der Waals surface area (Å²) in [5, 5.41) is 4.00. The molecule has 0 aromatic heterocycles. The fourth-order valence-electron chi connectivity index (χ4n) is 2.67. The third-order valence-corrected chi connectivity index (χ3v) is 4.53. The fraction of sp³-hybridized carbons (Fsp3) is 0.600. The highest BCUT2D eigenvalue weighted by Gasteiger charge is 2.17. The molecular weight excluding hydrogens is 298 g/mol. The van der Waals surface area contributed by atoms with Gasteiger partial charge in [-0.2, -0.15) is 0 Å². The average Bonchev–Trinajstić information content (AvgIpc) is 2.93. The van der Waals surface area contributed by atoms with E-state index < -0.39 is 5.82 Å². The second kappa shape index (κ2) is 7.60. The maximum absolute atomic E-state index is 13.5. The number of benzene rings is 1. The molecule has 0 spiro atoms. The van der Waals surface area contributed by atoms with Crippen LogP contribution in [0.1, 0.15) is 37.8 Å². The van der Waals surface area contributed by atoms with Gasteiger partial charge in [0.15, 0.2) is 0 Å². The van der Waals surface area contributed by atoms with Crippen LogP contribution in [0.4, 0.5) is 4.39 Å². The summed E-state index contributed by atoms with van der Waals surface area (Å²) in [6.45, 7) is 6.39. The summed E-state index contributed by atoms with van der Waals surface area (Å²) in [6, 6.07) is 2.80. The zero-order valence-electron chi connectivity index (χ0n) is 11.8. The van der Waals surface area contributed by atoms with Gasteiger partial charge in [0, 0.05) is 16.6 Å². The van der Waals surface area contributed by atoms with Crippen LogP contribution in [-0.2, 0) is 0 Å². The third-order valence-electron chi connectivity index (χ3n) is 3.81. The highest BCUT2D eigenvalue weighted by atomic mass is 35.5. The maximum atomic E-state index is 13.5. The topological polar surface area (TPSA) is 15.3 Å². The normalized spacial score (nSPS) is 17.6. The van der Waals surface area contributed by atoms with Crippen molar-refractivity contribution in [1.29, 1.82) is 0 Å². The van der Waals surface area contributed by atoms with Crippen LogP contribution in [0.25, 0.3) is 0 Å². The van der Waals surface area contributed by atoms with Crippen molar-refractivity contribution in [3.05, 3.63) is 33.6 Å². The van der Waals surface area contributed by atoms with E-state index >= 15 is 0 Å². The first-order chi connectivity index (χ1) is 9.59. The first-order valence-corrected chi connectivity index (χ1v) is 7.94. The van der Waals surface area contributed by atoms with E-state index in [-0.39, 0.29) is 11.1 Å². The molecule has 0 saturated carbocycles. The molecule has 1 aromatic carbocycles. The lowest BCUT2D eigenvalue weighted by Crippen LogP contribution is -2.26. The van der Waals surface area contributed by atoms with Crippen molar-refractivity contribution >= 4 is 23.2 Å². The molecule has 1 heterocycles. The van der Waals surface area contributed by atoms with E-state index in [9.17, 15) is 4.39 Å². The maximum Gasteiger partial charge on any atom is 0.142 e. The Balaban J connectivity index is 1.82. The molecule has 5 heteroatoms. The third kappa shape index (κ3) is 4.08. The van der Waals surface area contributed by atoms with Crippen LogP contribution in [0.5, 0.6) is 0 Å². The quantitative estimate of drug-likeness (QED) is 0.622. The molecule has 0 radical (unpaired) electrons. The molecule has 0 bridgehead atoms. The average molecular weight is 319 g/mol. The van der Waals surface area contributed by atoms with Gasteiger partial charge in [0.05, 0.1) is 5.02 Å². The molecule has 1 saturated heterocycles. The predicted octanol–water partition coefficient (Wildman–Crippen LogP) is 4.27. The predicted molar refractivity (Wildman–Crippen MR) is 83.1 cm³/mol. The number of likely N-dealkylation sites (tertiary alicyclic amines) is 1. The van der Waals surface area contributed by atoms with Crippen LogP contribution in [0.2, 0.25) is 10.0 Å². The van der Waals surface area contributed by atoms with Crippen LogP contribution in [-0.4, -0.2) is 31.1 Å². The fourth-order valence-corrected chi connectivity index (χ4v) is 3.37. The Morgan fingerprint density at radius 2 is 2.00 bits per heavy atom. The van der Waals surface area contributed by atoms with Gasteiger partial charge < -0.3 is 10.2 Å². The zero-order chi connectivity index (χ0) is 14.5. The van der Waals surface area contributed by atoms with Crippen LogP contribution in [0.3, 0.4) is 0 Å². The summed E-state index contributed by atoms with van der Waals surface area (Å²) < 4.78 is 13.5. The highest BCUT2D eigenvalue weighted by molar-refractivity contribution is 6.36. The number of nitrogens with zero attached hydrogens (tertiary/aromatic N) is 1. The van der Waals surface area contributed by atoms with Gasteiger partial charge in [-0.1, -0.05) is 23.2 Å². The van der Waals surface area contributed by atoms with E-state index in [0.29, 0.717) is 10.6 Å². The minimum Gasteiger partial charge on any atom is -0.310 e. The van der Waals surface area contributed by atoms with Crippen molar-refractivity contribution in [2.24, 2.45) is 0 Å². The van der Waals surface area contributed by atoms with Crippen molar-refractivity contribution in [2.75, 3.05) is 26.2 Å². The Labute approximate surface area is 130 Å². The molecule has 1 aliphatic heterocycles. The second-order valence-electron chi connectivity index (χ2n) is 5.33. The molecule has 2 rings (SSSR count). The Morgan fingerprint density at radius 1 is 1.30 bits per heavy atom. The standard InChI is InChI=1S/C15H21Cl2FN2/c1-11(14-12(16)5-6-13(18)15(14)17)19-7-4-10-20-8-2-3-9-20/h5-6,11,19H,2-4,7-10H2,1H3. The summed E-state index contributed by atoms with van der Waals surface area (Å²) in [5.74, 6) is -0.420. The van der Waals surface area contributed by atoms with E-state index in [4.69, 9.17) is 23.2 Å². The van der Waals surface area contributed by atoms with Gasteiger partial charge in [0.25, 0.3) is 0 Å². The Morgan fingerprint density at radius 3 is 2.70 bits per heavy atom. The number of halogens is 3. The largest absolute Gasteiger partial charge is 0.310 e. The Hall–Kier alpha value is -0.350. The Bertz CT molecular complexity index is 448. The van der Waals surface area contributed by atoms with Crippen molar-refractivity contribution < 1.29 is 4.39 Å². The zero-order valence-corrected chi connectivity index (χ0v) is 13.3. The minimum absolute atomic E-state index is 0.0516. The monoisotopic (exact) mass is 318 g/mol. The molecule has 1 fully saturated rings. The molecule has 20 heavy (non-hydrogen) atoms. The van der Waals surface area contributed by atoms with Crippen molar-refractivity contribution in [3.63, 3.8) is 0 Å². The molecule has 1 N–H and O–H groups in total. The number of nitrogens with one attached hydrogen (secondary N) is 1. The molecule has 0 aliphatic carbocycles. The summed E-state index contributed by atoms with van der Waals surface area (Å²) in [7, 11) is 0. The van der Waals surface area contributed by atoms with Crippen LogP contribution >= 0.6 is 23.2 Å². The van der Waals surface area contributed by atoms with E-state index in [1.54, 1.807) is 6.07 Å². The van der Waals surface area contributed by atoms with Gasteiger partial charge in [-0.15, -0.1) is 0 Å². The molecule has 2 nitrogen and oxygen atoms in total. The summed E-state index contributed by atoms with van der Waals surface area (Å²) >= 11 is 12.1. The van der Waals surface area contributed by atoms with E-state index in [1.165, 1.54) is 32.0 Å². The molecule has 1 unspecified atom stereocenters. The van der Waals surface area contributed by atoms with Gasteiger partial charge in [0.2, 0.25) is 0 Å². The minimum atomic E-state index is -0.420. The second-order valence-corrected chi connectivity index (χ2v) is 6.12. The lowest BCUT2D eigenvalue weighted by molar-refractivity contribution is 0.328. The van der Waals surface area contributed by atoms with Crippen molar-refractivity contribution in [1.82, 2.24) is 10.2 Å². The number of hydrogen-bond acceptors (Lipinski definition) is 2. The van der Waals surface area contributed by atoms with Crippen LogP contribution in [0, 0.1) is 5.82 Å². The van der Waals surface area contributed by atoms with Gasteiger partial charge in [-0.3, -0.25) is 0 Å². The molecule has 112 valence electrons. The molecule has 1 atom stereocenters. The number of hydrogen-bond donors (Lipinski definition) is 1. The summed E-state index contributed by atoms with van der Waals surface area (Å²) in [5.41, 5.74) is 0.648. The first-order valence-electron chi connectivity index (χ1n) is 7.18. The van der Waals surface area contributed by atoms with Crippen LogP contribution in [0.15, 0.2) is 12.1 Å². The SMILES string of the molecule is CC(NCCCN1CCCC1)c1c(Cl)ccc(F)c1Cl. The lowest BCUT2D eigenvalue weighted by Gasteiger charge is -2.19. The summed E-state index contributed by atoms with van der Waals surface area (Å²) in [6.07, 6.45) is 3.71. The van der Waals surface area contributed by atoms with Gasteiger partial charge in [0.1, 0.15) is 5.82 Å². The van der Waals surface area contributed by atoms with E-state index in [2.05, 4.69) is 10.2 Å². The lowest BCUT2D eigenvalue weighted by atomic mass is 10.1. The van der Waals surface area contributed by atoms with Gasteiger partial charge in [-0.25, -0.2) is 4.39 Å². The molecule has 0 amide bonds. The highest BCUT2D eigenvalue weighted by Crippen LogP contribution is 2.32. The number of rotatable bonds is 6. The van der Waals surface area contributed by atoms with Crippen molar-refractivity contribution in [3.8, 4) is 0 Å². The van der Waals surface area contributed by atoms with E-state index in [1.807, 2.05) is 6.92 Å². The van der Waals surface area contributed by atoms with Gasteiger partial charge >= 0.3 is 0 Å². The van der Waals surface area contributed by atoms with Crippen LogP contribution < -0.4 is 5.32 Å². The molecule has 1 aromatic rings. The van der Waals surface area contributed by atoms with Gasteiger partial charge in [-0.05, 0) is 64.5 Å². The molecular formula is C15H21Cl2FN2. The summed E-state index contributed by atoms with van der Waals surface area (Å²) in [4.78, 5) is 2.48. The first kappa shape index (κ1) is 16.0. The van der Waals surface area contributed by atoms with E-state index in [0.717, 1.165) is 19.5 Å².